The van der Waals surface area contributed by atoms with Gasteiger partial charge >= 0.3 is 0 Å². The van der Waals surface area contributed by atoms with Crippen LogP contribution in [0.1, 0.15) is 17.0 Å². The molecule has 0 aliphatic carbocycles. The first-order chi connectivity index (χ1) is 13.6. The van der Waals surface area contributed by atoms with Crippen LogP contribution in [0, 0.1) is 25.2 Å². The molecule has 0 bridgehead atoms. The Kier molecular flexibility index (Phi) is 4.38. The average molecular weight is 368 g/mol. The lowest BCUT2D eigenvalue weighted by molar-refractivity contribution is 0.478. The van der Waals surface area contributed by atoms with Crippen molar-refractivity contribution in [2.24, 2.45) is 0 Å². The summed E-state index contributed by atoms with van der Waals surface area (Å²) < 4.78 is 11.6. The number of hydrogen-bond donors (Lipinski definition) is 0. The Morgan fingerprint density at radius 3 is 2.61 bits per heavy atom. The van der Waals surface area contributed by atoms with Crippen LogP contribution >= 0.6 is 0 Å². The van der Waals surface area contributed by atoms with Crippen molar-refractivity contribution in [2.45, 2.75) is 13.8 Å². The summed E-state index contributed by atoms with van der Waals surface area (Å²) in [5.41, 5.74) is 3.37. The predicted octanol–water partition coefficient (Wildman–Crippen LogP) is 5.14. The molecule has 0 spiro atoms. The number of benzene rings is 2. The summed E-state index contributed by atoms with van der Waals surface area (Å²) in [4.78, 5) is 17.1. The summed E-state index contributed by atoms with van der Waals surface area (Å²) in [6.45, 7) is 3.61. The second-order valence-corrected chi connectivity index (χ2v) is 6.44. The lowest BCUT2D eigenvalue weighted by atomic mass is 10.1. The minimum absolute atomic E-state index is 0.104. The lowest BCUT2D eigenvalue weighted by Crippen LogP contribution is -2.04. The number of aromatic nitrogens is 1. The Labute approximate surface area is 161 Å². The Bertz CT molecular complexity index is 1290. The Hall–Kier alpha value is -3.91. The third kappa shape index (κ3) is 3.12. The number of rotatable bonds is 3. The zero-order valence-electron chi connectivity index (χ0n) is 15.4. The van der Waals surface area contributed by atoms with Gasteiger partial charge < -0.3 is 9.15 Å². The molecule has 4 rings (SSSR count). The molecule has 0 unspecified atom stereocenters. The molecule has 2 aromatic heterocycles. The maximum absolute atomic E-state index is 12.8. The maximum atomic E-state index is 12.8. The van der Waals surface area contributed by atoms with Crippen LogP contribution in [0.25, 0.3) is 22.1 Å². The molecule has 0 saturated carbocycles. The molecule has 4 aromatic rings. The van der Waals surface area contributed by atoms with Crippen molar-refractivity contribution in [1.29, 1.82) is 5.26 Å². The summed E-state index contributed by atoms with van der Waals surface area (Å²) in [5.74, 6) is 0.903. The fourth-order valence-electron chi connectivity index (χ4n) is 3.13. The van der Waals surface area contributed by atoms with Crippen LogP contribution in [0.5, 0.6) is 11.5 Å². The number of nitriles is 1. The Morgan fingerprint density at radius 2 is 1.86 bits per heavy atom. The molecule has 0 atom stereocenters. The van der Waals surface area contributed by atoms with Gasteiger partial charge in [0.1, 0.15) is 35.0 Å². The van der Waals surface area contributed by atoms with E-state index >= 15 is 0 Å². The van der Waals surface area contributed by atoms with Crippen molar-refractivity contribution in [3.8, 4) is 28.7 Å². The zero-order chi connectivity index (χ0) is 19.7. The lowest BCUT2D eigenvalue weighted by Gasteiger charge is -2.10. The topological polar surface area (TPSA) is 76.1 Å². The van der Waals surface area contributed by atoms with Crippen molar-refractivity contribution >= 4 is 11.0 Å². The van der Waals surface area contributed by atoms with Crippen LogP contribution in [0.3, 0.4) is 0 Å². The molecule has 28 heavy (non-hydrogen) atoms. The highest BCUT2D eigenvalue weighted by Gasteiger charge is 2.13. The molecule has 0 aliphatic rings. The number of nitrogens with zero attached hydrogens (tertiary/aromatic N) is 2. The highest BCUT2D eigenvalue weighted by Crippen LogP contribution is 2.29. The van der Waals surface area contributed by atoms with Crippen LogP contribution in [0.15, 0.2) is 70.1 Å². The largest absolute Gasteiger partial charge is 0.463 e. The summed E-state index contributed by atoms with van der Waals surface area (Å²) in [5, 5.41) is 9.85. The summed E-state index contributed by atoms with van der Waals surface area (Å²) in [6.07, 6.45) is 1.46. The fourth-order valence-corrected chi connectivity index (χ4v) is 3.13. The van der Waals surface area contributed by atoms with Gasteiger partial charge in [0.25, 0.3) is 0 Å². The first-order valence-electron chi connectivity index (χ1n) is 8.74. The quantitative estimate of drug-likeness (QED) is 0.501. The predicted molar refractivity (Wildman–Crippen MR) is 106 cm³/mol. The van der Waals surface area contributed by atoms with Crippen LogP contribution in [0.2, 0.25) is 0 Å². The summed E-state index contributed by atoms with van der Waals surface area (Å²) >= 11 is 0. The van der Waals surface area contributed by atoms with E-state index < -0.39 is 0 Å². The normalized spacial score (nSPS) is 10.6. The van der Waals surface area contributed by atoms with Crippen molar-refractivity contribution in [1.82, 2.24) is 4.98 Å². The second-order valence-electron chi connectivity index (χ2n) is 6.44. The van der Waals surface area contributed by atoms with Crippen LogP contribution < -0.4 is 10.2 Å². The van der Waals surface area contributed by atoms with E-state index in [-0.39, 0.29) is 5.43 Å². The molecule has 2 heterocycles. The first kappa shape index (κ1) is 17.5. The van der Waals surface area contributed by atoms with Gasteiger partial charge in [0, 0.05) is 17.8 Å². The van der Waals surface area contributed by atoms with Gasteiger partial charge in [-0.25, -0.2) is 0 Å². The van der Waals surface area contributed by atoms with Crippen molar-refractivity contribution in [2.75, 3.05) is 0 Å². The van der Waals surface area contributed by atoms with Crippen LogP contribution in [-0.4, -0.2) is 4.98 Å². The molecule has 5 nitrogen and oxygen atoms in total. The highest BCUT2D eigenvalue weighted by molar-refractivity contribution is 5.82. The molecule has 0 N–H and O–H groups in total. The van der Waals surface area contributed by atoms with Gasteiger partial charge in [0.05, 0.1) is 16.6 Å². The molecule has 0 amide bonds. The monoisotopic (exact) mass is 368 g/mol. The maximum Gasteiger partial charge on any atom is 0.200 e. The number of pyridine rings is 1. The summed E-state index contributed by atoms with van der Waals surface area (Å²) in [6, 6.07) is 18.2. The van der Waals surface area contributed by atoms with Gasteiger partial charge in [-0.1, -0.05) is 30.3 Å². The second kappa shape index (κ2) is 7.01. The number of hydrogen-bond acceptors (Lipinski definition) is 5. The molecule has 2 aromatic carbocycles. The van der Waals surface area contributed by atoms with E-state index in [1.807, 2.05) is 37.3 Å². The van der Waals surface area contributed by atoms with Gasteiger partial charge in [0.2, 0.25) is 0 Å². The van der Waals surface area contributed by atoms with E-state index in [1.165, 1.54) is 6.26 Å². The average Bonchev–Trinajstić information content (AvgIpc) is 2.69. The number of ether oxygens (including phenoxy) is 1. The number of aryl methyl sites for hydroxylation is 2. The summed E-state index contributed by atoms with van der Waals surface area (Å²) in [7, 11) is 0. The van der Waals surface area contributed by atoms with E-state index in [0.29, 0.717) is 39.3 Å². The molecular weight excluding hydrogens is 352 g/mol. The van der Waals surface area contributed by atoms with Crippen LogP contribution in [0.4, 0.5) is 0 Å². The van der Waals surface area contributed by atoms with Gasteiger partial charge in [-0.15, -0.1) is 0 Å². The SMILES string of the molecule is Cc1cc(Oc2ccc3c(=O)c(-c4ccccc4)coc3c2)c(C#N)c(C)n1. The van der Waals surface area contributed by atoms with Gasteiger partial charge in [0.15, 0.2) is 5.43 Å². The van der Waals surface area contributed by atoms with Crippen molar-refractivity contribution in [3.63, 3.8) is 0 Å². The molecule has 136 valence electrons. The fraction of sp³-hybridized carbons (Fsp3) is 0.0870. The molecule has 0 fully saturated rings. The Morgan fingerprint density at radius 1 is 1.07 bits per heavy atom. The molecule has 0 radical (unpaired) electrons. The van der Waals surface area contributed by atoms with Crippen LogP contribution in [-0.2, 0) is 0 Å². The standard InChI is InChI=1S/C23H16N2O3/c1-14-10-22(19(12-24)15(2)25-14)28-17-8-9-18-21(11-17)27-13-20(23(18)26)16-6-4-3-5-7-16/h3-11,13H,1-2H3. The van der Waals surface area contributed by atoms with E-state index in [0.717, 1.165) is 11.3 Å². The minimum atomic E-state index is -0.104. The highest BCUT2D eigenvalue weighted by atomic mass is 16.5. The molecule has 5 heteroatoms. The molecule has 0 aliphatic heterocycles. The third-order valence-electron chi connectivity index (χ3n) is 4.46. The molecular formula is C23H16N2O3. The Balaban J connectivity index is 1.76. The van der Waals surface area contributed by atoms with Crippen molar-refractivity contribution < 1.29 is 9.15 Å². The smallest absolute Gasteiger partial charge is 0.200 e. The van der Waals surface area contributed by atoms with Gasteiger partial charge in [-0.05, 0) is 31.5 Å². The number of fused-ring (bicyclic) bond motifs is 1. The van der Waals surface area contributed by atoms with E-state index in [4.69, 9.17) is 9.15 Å². The minimum Gasteiger partial charge on any atom is -0.463 e. The van der Waals surface area contributed by atoms with E-state index in [9.17, 15) is 10.1 Å². The first-order valence-corrected chi connectivity index (χ1v) is 8.74. The third-order valence-corrected chi connectivity index (χ3v) is 4.46. The van der Waals surface area contributed by atoms with Gasteiger partial charge in [-0.3, -0.25) is 9.78 Å². The van der Waals surface area contributed by atoms with E-state index in [1.54, 1.807) is 31.2 Å². The zero-order valence-corrected chi connectivity index (χ0v) is 15.4. The van der Waals surface area contributed by atoms with E-state index in [2.05, 4.69) is 11.1 Å². The molecule has 0 saturated heterocycles. The van der Waals surface area contributed by atoms with Gasteiger partial charge in [-0.2, -0.15) is 5.26 Å². The van der Waals surface area contributed by atoms with Crippen molar-refractivity contribution in [3.05, 3.63) is 88.0 Å².